The molecule has 5 heteroatoms. The lowest BCUT2D eigenvalue weighted by atomic mass is 10.1. The molecule has 4 nitrogen and oxygen atoms in total. The van der Waals surface area contributed by atoms with Gasteiger partial charge in [-0.2, -0.15) is 9.57 Å². The summed E-state index contributed by atoms with van der Waals surface area (Å²) >= 11 is 0. The molecule has 0 bridgehead atoms. The Hall–Kier alpha value is -1.38. The Balaban J connectivity index is 3.37. The topological polar surface area (TPSA) is 61.2 Å². The van der Waals surface area contributed by atoms with Gasteiger partial charge >= 0.3 is 0 Å². The molecule has 1 aromatic rings. The van der Waals surface area contributed by atoms with Crippen molar-refractivity contribution in [2.24, 2.45) is 5.92 Å². The van der Waals surface area contributed by atoms with E-state index in [1.54, 1.807) is 22.5 Å². The number of sulfonamides is 1. The predicted molar refractivity (Wildman–Crippen MR) is 84.3 cm³/mol. The highest BCUT2D eigenvalue weighted by Gasteiger charge is 2.31. The fourth-order valence-corrected chi connectivity index (χ4v) is 4.49. The highest BCUT2D eigenvalue weighted by atomic mass is 32.2. The lowest BCUT2D eigenvalue weighted by Crippen LogP contribution is -2.42. The van der Waals surface area contributed by atoms with Gasteiger partial charge < -0.3 is 0 Å². The Morgan fingerprint density at radius 3 is 2.24 bits per heavy atom. The Bertz CT molecular complexity index is 599. The molecular weight excluding hydrogens is 284 g/mol. The fourth-order valence-electron chi connectivity index (χ4n) is 2.41. The number of benzene rings is 1. The largest absolute Gasteiger partial charge is 0.244 e. The third-order valence-corrected chi connectivity index (χ3v) is 5.47. The molecular formula is C16H24N2O2S. The molecule has 0 N–H and O–H groups in total. The zero-order chi connectivity index (χ0) is 16.0. The minimum Gasteiger partial charge on any atom is -0.207 e. The maximum Gasteiger partial charge on any atom is 0.244 e. The molecule has 0 saturated carbocycles. The van der Waals surface area contributed by atoms with Gasteiger partial charge in [0.25, 0.3) is 0 Å². The molecule has 1 aromatic carbocycles. The Morgan fingerprint density at radius 2 is 1.76 bits per heavy atom. The van der Waals surface area contributed by atoms with Crippen LogP contribution in [0.25, 0.3) is 0 Å². The summed E-state index contributed by atoms with van der Waals surface area (Å²) in [5.74, 6) is 0.231. The number of nitrogens with zero attached hydrogens (tertiary/aromatic N) is 2. The van der Waals surface area contributed by atoms with Crippen LogP contribution in [0.15, 0.2) is 29.2 Å². The van der Waals surface area contributed by atoms with Crippen LogP contribution in [0.5, 0.6) is 0 Å². The van der Waals surface area contributed by atoms with Crippen molar-refractivity contribution < 1.29 is 8.42 Å². The van der Waals surface area contributed by atoms with Gasteiger partial charge in [-0.05, 0) is 30.9 Å². The number of rotatable bonds is 7. The highest BCUT2D eigenvalue weighted by Crippen LogP contribution is 2.25. The molecule has 0 radical (unpaired) electrons. The van der Waals surface area contributed by atoms with E-state index < -0.39 is 10.0 Å². The van der Waals surface area contributed by atoms with Crippen molar-refractivity contribution >= 4 is 10.0 Å². The van der Waals surface area contributed by atoms with Crippen LogP contribution in [0.4, 0.5) is 0 Å². The number of hydrogen-bond donors (Lipinski definition) is 0. The van der Waals surface area contributed by atoms with Gasteiger partial charge in [-0.25, -0.2) is 8.42 Å². The third-order valence-electron chi connectivity index (χ3n) is 3.49. The summed E-state index contributed by atoms with van der Waals surface area (Å²) in [4.78, 5) is 0.111. The summed E-state index contributed by atoms with van der Waals surface area (Å²) in [6, 6.07) is 8.35. The van der Waals surface area contributed by atoms with E-state index >= 15 is 0 Å². The minimum absolute atomic E-state index is 0.0378. The van der Waals surface area contributed by atoms with Gasteiger partial charge in [0.05, 0.1) is 10.5 Å². The fraction of sp³-hybridized carbons (Fsp3) is 0.562. The smallest absolute Gasteiger partial charge is 0.207 e. The van der Waals surface area contributed by atoms with Crippen molar-refractivity contribution in [2.75, 3.05) is 6.54 Å². The Labute approximate surface area is 128 Å². The second kappa shape index (κ2) is 7.58. The molecule has 0 aliphatic heterocycles. The van der Waals surface area contributed by atoms with E-state index in [9.17, 15) is 8.42 Å². The van der Waals surface area contributed by atoms with E-state index in [4.69, 9.17) is 5.26 Å². The van der Waals surface area contributed by atoms with Crippen LogP contribution < -0.4 is 0 Å². The van der Waals surface area contributed by atoms with Crippen molar-refractivity contribution in [3.05, 3.63) is 29.8 Å². The van der Waals surface area contributed by atoms with E-state index in [-0.39, 0.29) is 22.4 Å². The molecule has 0 atom stereocenters. The number of hydrogen-bond acceptors (Lipinski definition) is 3. The van der Waals surface area contributed by atoms with Gasteiger partial charge in [-0.3, -0.25) is 0 Å². The van der Waals surface area contributed by atoms with Crippen LogP contribution in [-0.4, -0.2) is 25.3 Å². The van der Waals surface area contributed by atoms with Gasteiger partial charge in [0.15, 0.2) is 0 Å². The summed E-state index contributed by atoms with van der Waals surface area (Å²) in [7, 11) is -3.65. The predicted octanol–water partition coefficient (Wildman–Crippen LogP) is 3.39. The monoisotopic (exact) mass is 308 g/mol. The van der Waals surface area contributed by atoms with E-state index in [1.165, 1.54) is 6.07 Å². The minimum atomic E-state index is -3.65. The molecule has 21 heavy (non-hydrogen) atoms. The average molecular weight is 308 g/mol. The van der Waals surface area contributed by atoms with Gasteiger partial charge in [0, 0.05) is 12.6 Å². The molecule has 0 aliphatic carbocycles. The summed E-state index contributed by atoms with van der Waals surface area (Å²) < 4.78 is 27.5. The van der Waals surface area contributed by atoms with Crippen LogP contribution >= 0.6 is 0 Å². The first kappa shape index (κ1) is 17.7. The molecule has 0 amide bonds. The lowest BCUT2D eigenvalue weighted by molar-refractivity contribution is 0.277. The van der Waals surface area contributed by atoms with Crippen LogP contribution in [-0.2, 0) is 10.0 Å². The molecule has 0 aliphatic rings. The van der Waals surface area contributed by atoms with Crippen LogP contribution in [0.3, 0.4) is 0 Å². The quantitative estimate of drug-likeness (QED) is 0.775. The first-order valence-corrected chi connectivity index (χ1v) is 8.83. The normalized spacial score (nSPS) is 12.1. The Morgan fingerprint density at radius 1 is 1.19 bits per heavy atom. The van der Waals surface area contributed by atoms with Crippen LogP contribution in [0.1, 0.15) is 46.1 Å². The van der Waals surface area contributed by atoms with E-state index in [1.807, 2.05) is 33.8 Å². The molecule has 0 fully saturated rings. The molecule has 0 heterocycles. The lowest BCUT2D eigenvalue weighted by Gasteiger charge is -2.31. The van der Waals surface area contributed by atoms with Crippen LogP contribution in [0.2, 0.25) is 0 Å². The summed E-state index contributed by atoms with van der Waals surface area (Å²) in [6.45, 7) is 8.46. The second-order valence-electron chi connectivity index (χ2n) is 5.55. The molecule has 1 rings (SSSR count). The first-order valence-electron chi connectivity index (χ1n) is 7.39. The van der Waals surface area contributed by atoms with Crippen LogP contribution in [0, 0.1) is 17.2 Å². The van der Waals surface area contributed by atoms with Crippen molar-refractivity contribution in [3.63, 3.8) is 0 Å². The molecule has 116 valence electrons. The molecule has 0 spiro atoms. The van der Waals surface area contributed by atoms with Crippen molar-refractivity contribution in [1.82, 2.24) is 4.31 Å². The van der Waals surface area contributed by atoms with Crippen molar-refractivity contribution in [3.8, 4) is 6.07 Å². The highest BCUT2D eigenvalue weighted by molar-refractivity contribution is 7.89. The molecule has 0 unspecified atom stereocenters. The summed E-state index contributed by atoms with van der Waals surface area (Å²) in [6.07, 6.45) is 1.52. The van der Waals surface area contributed by atoms with E-state index in [0.717, 1.165) is 12.8 Å². The summed E-state index contributed by atoms with van der Waals surface area (Å²) in [5.41, 5.74) is 0.206. The average Bonchev–Trinajstić information content (AvgIpc) is 2.47. The van der Waals surface area contributed by atoms with Gasteiger partial charge in [-0.15, -0.1) is 0 Å². The molecule has 0 aromatic heterocycles. The zero-order valence-corrected chi connectivity index (χ0v) is 14.0. The van der Waals surface area contributed by atoms with Crippen molar-refractivity contribution in [1.29, 1.82) is 5.26 Å². The van der Waals surface area contributed by atoms with Gasteiger partial charge in [0.1, 0.15) is 6.07 Å². The first-order chi connectivity index (χ1) is 9.88. The van der Waals surface area contributed by atoms with Crippen molar-refractivity contribution in [2.45, 2.75) is 51.5 Å². The van der Waals surface area contributed by atoms with E-state index in [0.29, 0.717) is 6.54 Å². The third kappa shape index (κ3) is 4.05. The van der Waals surface area contributed by atoms with Gasteiger partial charge in [0.2, 0.25) is 10.0 Å². The second-order valence-corrected chi connectivity index (χ2v) is 7.41. The maximum absolute atomic E-state index is 13.0. The summed E-state index contributed by atoms with van der Waals surface area (Å²) in [5, 5.41) is 9.17. The maximum atomic E-state index is 13.0. The number of nitriles is 1. The van der Waals surface area contributed by atoms with E-state index in [2.05, 4.69) is 0 Å². The SMILES string of the molecule is CCC(CC)N(CC(C)C)S(=O)(=O)c1ccccc1C#N. The zero-order valence-electron chi connectivity index (χ0n) is 13.2. The molecule has 0 saturated heterocycles. The Kier molecular flexibility index (Phi) is 6.38. The van der Waals surface area contributed by atoms with Gasteiger partial charge in [-0.1, -0.05) is 39.8 Å². The standard InChI is InChI=1S/C16H24N2O2S/c1-5-15(6-2)18(12-13(3)4)21(19,20)16-10-8-7-9-14(16)11-17/h7-10,13,15H,5-6,12H2,1-4H3.